The molecule has 2 aliphatic heterocycles. The number of fused-ring (bicyclic) bond motifs is 1. The standard InChI is InChI=1S/C24H28N2O5/c1-2-19-10-5-6-12-25(19)22(27)16-31-24(29)20-14-17-8-3-4-9-18(17)15-26(20)23(28)21-11-7-13-30-21/h3-4,7-9,11,13,19-20H,2,5-6,10,12,14-16H2,1H3. The zero-order valence-electron chi connectivity index (χ0n) is 17.8. The topological polar surface area (TPSA) is 80.1 Å². The van der Waals surface area contributed by atoms with Gasteiger partial charge in [0.05, 0.1) is 6.26 Å². The molecule has 2 aromatic rings. The first-order valence-corrected chi connectivity index (χ1v) is 11.0. The van der Waals surface area contributed by atoms with Crippen molar-refractivity contribution in [1.29, 1.82) is 0 Å². The first-order chi connectivity index (χ1) is 15.1. The summed E-state index contributed by atoms with van der Waals surface area (Å²) in [7, 11) is 0. The van der Waals surface area contributed by atoms with Crippen molar-refractivity contribution in [2.75, 3.05) is 13.2 Å². The van der Waals surface area contributed by atoms with Crippen LogP contribution in [0.4, 0.5) is 0 Å². The number of hydrogen-bond donors (Lipinski definition) is 0. The molecule has 0 spiro atoms. The summed E-state index contributed by atoms with van der Waals surface area (Å²) in [6, 6.07) is 10.3. The number of rotatable bonds is 5. The second-order valence-corrected chi connectivity index (χ2v) is 8.15. The maximum atomic E-state index is 13.0. The number of carbonyl (C=O) groups is 3. The van der Waals surface area contributed by atoms with Crippen LogP contribution in [0, 0.1) is 0 Å². The van der Waals surface area contributed by atoms with Crippen molar-refractivity contribution in [3.63, 3.8) is 0 Å². The van der Waals surface area contributed by atoms with E-state index in [1.54, 1.807) is 12.1 Å². The number of amides is 2. The summed E-state index contributed by atoms with van der Waals surface area (Å²) in [4.78, 5) is 42.0. The monoisotopic (exact) mass is 424 g/mol. The third-order valence-electron chi connectivity index (χ3n) is 6.27. The molecule has 2 atom stereocenters. The third kappa shape index (κ3) is 4.50. The SMILES string of the molecule is CCC1CCCCN1C(=O)COC(=O)C1Cc2ccccc2CN1C(=O)c1ccco1. The van der Waals surface area contributed by atoms with Crippen LogP contribution in [0.2, 0.25) is 0 Å². The van der Waals surface area contributed by atoms with Gasteiger partial charge >= 0.3 is 5.97 Å². The van der Waals surface area contributed by atoms with Crippen LogP contribution in [-0.4, -0.2) is 52.8 Å². The molecule has 2 amide bonds. The van der Waals surface area contributed by atoms with E-state index in [-0.39, 0.29) is 36.8 Å². The molecule has 7 heteroatoms. The van der Waals surface area contributed by atoms with Gasteiger partial charge in [0.15, 0.2) is 12.4 Å². The number of nitrogens with zero attached hydrogens (tertiary/aromatic N) is 2. The van der Waals surface area contributed by atoms with Crippen molar-refractivity contribution in [3.05, 3.63) is 59.5 Å². The van der Waals surface area contributed by atoms with Gasteiger partial charge in [0.25, 0.3) is 11.8 Å². The van der Waals surface area contributed by atoms with Crippen molar-refractivity contribution < 1.29 is 23.5 Å². The van der Waals surface area contributed by atoms with Crippen LogP contribution < -0.4 is 0 Å². The first-order valence-electron chi connectivity index (χ1n) is 11.0. The molecular formula is C24H28N2O5. The lowest BCUT2D eigenvalue weighted by atomic mass is 9.93. The largest absolute Gasteiger partial charge is 0.459 e. The number of ether oxygens (including phenoxy) is 1. The van der Waals surface area contributed by atoms with Crippen LogP contribution in [0.25, 0.3) is 0 Å². The van der Waals surface area contributed by atoms with E-state index in [2.05, 4.69) is 6.92 Å². The fraction of sp³-hybridized carbons (Fsp3) is 0.458. The lowest BCUT2D eigenvalue weighted by Gasteiger charge is -2.36. The summed E-state index contributed by atoms with van der Waals surface area (Å²) in [6.45, 7) is 2.76. The zero-order valence-corrected chi connectivity index (χ0v) is 17.8. The molecule has 1 aromatic heterocycles. The lowest BCUT2D eigenvalue weighted by Crippen LogP contribution is -2.50. The maximum absolute atomic E-state index is 13.0. The number of carbonyl (C=O) groups excluding carboxylic acids is 3. The van der Waals surface area contributed by atoms with Crippen molar-refractivity contribution in [1.82, 2.24) is 9.80 Å². The number of benzene rings is 1. The predicted molar refractivity (Wildman–Crippen MR) is 113 cm³/mol. The van der Waals surface area contributed by atoms with E-state index in [0.29, 0.717) is 13.0 Å². The Hall–Kier alpha value is -3.09. The summed E-state index contributed by atoms with van der Waals surface area (Å²) in [6.07, 6.45) is 5.75. The van der Waals surface area contributed by atoms with E-state index in [0.717, 1.165) is 36.8 Å². The van der Waals surface area contributed by atoms with Gasteiger partial charge in [-0.2, -0.15) is 0 Å². The number of hydrogen-bond acceptors (Lipinski definition) is 5. The molecule has 31 heavy (non-hydrogen) atoms. The van der Waals surface area contributed by atoms with E-state index < -0.39 is 12.0 Å². The summed E-state index contributed by atoms with van der Waals surface area (Å²) in [5, 5.41) is 0. The average molecular weight is 424 g/mol. The van der Waals surface area contributed by atoms with Gasteiger partial charge in [-0.3, -0.25) is 9.59 Å². The Kier molecular flexibility index (Phi) is 6.39. The molecule has 1 saturated heterocycles. The van der Waals surface area contributed by atoms with Gasteiger partial charge in [-0.1, -0.05) is 31.2 Å². The van der Waals surface area contributed by atoms with Gasteiger partial charge in [-0.15, -0.1) is 0 Å². The van der Waals surface area contributed by atoms with Gasteiger partial charge in [-0.25, -0.2) is 4.79 Å². The predicted octanol–water partition coefficient (Wildman–Crippen LogP) is 3.18. The summed E-state index contributed by atoms with van der Waals surface area (Å²) in [5.41, 5.74) is 1.99. The minimum Gasteiger partial charge on any atom is -0.459 e. The van der Waals surface area contributed by atoms with Gasteiger partial charge in [-0.05, 0) is 48.9 Å². The Labute approximate surface area is 181 Å². The molecule has 7 nitrogen and oxygen atoms in total. The maximum Gasteiger partial charge on any atom is 0.329 e. The molecule has 1 aromatic carbocycles. The van der Waals surface area contributed by atoms with E-state index in [9.17, 15) is 14.4 Å². The molecule has 2 unspecified atom stereocenters. The Morgan fingerprint density at radius 2 is 1.87 bits per heavy atom. The van der Waals surface area contributed by atoms with Gasteiger partial charge in [0.1, 0.15) is 6.04 Å². The van der Waals surface area contributed by atoms with Crippen LogP contribution in [-0.2, 0) is 27.3 Å². The highest BCUT2D eigenvalue weighted by molar-refractivity contribution is 5.95. The number of likely N-dealkylation sites (tertiary alicyclic amines) is 1. The summed E-state index contributed by atoms with van der Waals surface area (Å²) >= 11 is 0. The zero-order chi connectivity index (χ0) is 21.8. The molecule has 0 aliphatic carbocycles. The van der Waals surface area contributed by atoms with E-state index in [1.165, 1.54) is 11.2 Å². The van der Waals surface area contributed by atoms with Crippen molar-refractivity contribution >= 4 is 17.8 Å². The first kappa shape index (κ1) is 21.2. The number of furan rings is 1. The molecule has 0 radical (unpaired) electrons. The summed E-state index contributed by atoms with van der Waals surface area (Å²) in [5.74, 6) is -0.921. The van der Waals surface area contributed by atoms with Crippen molar-refractivity contribution in [2.24, 2.45) is 0 Å². The van der Waals surface area contributed by atoms with Crippen LogP contribution in [0.1, 0.15) is 54.3 Å². The van der Waals surface area contributed by atoms with Gasteiger partial charge in [0, 0.05) is 25.6 Å². The molecule has 0 saturated carbocycles. The fourth-order valence-electron chi connectivity index (χ4n) is 4.55. The fourth-order valence-corrected chi connectivity index (χ4v) is 4.55. The Bertz CT molecular complexity index is 939. The van der Waals surface area contributed by atoms with E-state index in [1.807, 2.05) is 29.2 Å². The number of esters is 1. The lowest BCUT2D eigenvalue weighted by molar-refractivity contribution is -0.157. The average Bonchev–Trinajstić information content (AvgIpc) is 3.36. The Morgan fingerprint density at radius 3 is 2.61 bits per heavy atom. The molecule has 1 fully saturated rings. The molecule has 4 rings (SSSR count). The molecule has 0 N–H and O–H groups in total. The molecule has 2 aliphatic rings. The molecular weight excluding hydrogens is 396 g/mol. The Morgan fingerprint density at radius 1 is 1.06 bits per heavy atom. The minimum atomic E-state index is -0.802. The second kappa shape index (κ2) is 9.37. The quantitative estimate of drug-likeness (QED) is 0.689. The highest BCUT2D eigenvalue weighted by Crippen LogP contribution is 2.26. The minimum absolute atomic E-state index is 0.167. The Balaban J connectivity index is 1.47. The number of piperidine rings is 1. The third-order valence-corrected chi connectivity index (χ3v) is 6.27. The normalized spacial score (nSPS) is 20.8. The van der Waals surface area contributed by atoms with Crippen LogP contribution in [0.15, 0.2) is 47.1 Å². The second-order valence-electron chi connectivity index (χ2n) is 8.15. The van der Waals surface area contributed by atoms with E-state index in [4.69, 9.17) is 9.15 Å². The highest BCUT2D eigenvalue weighted by atomic mass is 16.5. The smallest absolute Gasteiger partial charge is 0.329 e. The summed E-state index contributed by atoms with van der Waals surface area (Å²) < 4.78 is 10.7. The van der Waals surface area contributed by atoms with Crippen LogP contribution >= 0.6 is 0 Å². The van der Waals surface area contributed by atoms with E-state index >= 15 is 0 Å². The van der Waals surface area contributed by atoms with Crippen LogP contribution in [0.3, 0.4) is 0 Å². The van der Waals surface area contributed by atoms with Gasteiger partial charge < -0.3 is 19.0 Å². The van der Waals surface area contributed by atoms with Crippen molar-refractivity contribution in [3.8, 4) is 0 Å². The highest BCUT2D eigenvalue weighted by Gasteiger charge is 2.37. The van der Waals surface area contributed by atoms with Gasteiger partial charge in [0.2, 0.25) is 0 Å². The van der Waals surface area contributed by atoms with Crippen molar-refractivity contribution in [2.45, 2.75) is 57.7 Å². The van der Waals surface area contributed by atoms with Crippen LogP contribution in [0.5, 0.6) is 0 Å². The molecule has 164 valence electrons. The molecule has 3 heterocycles. The molecule has 0 bridgehead atoms.